The van der Waals surface area contributed by atoms with E-state index in [0.29, 0.717) is 29.5 Å². The zero-order chi connectivity index (χ0) is 23.6. The molecule has 2 amide bonds. The summed E-state index contributed by atoms with van der Waals surface area (Å²) in [5.74, 6) is -0.196. The third-order valence-electron chi connectivity index (χ3n) is 4.61. The lowest BCUT2D eigenvalue weighted by molar-refractivity contribution is -0.136. The molecule has 3 aromatic carbocycles. The molecule has 0 spiro atoms. The largest absolute Gasteiger partial charge is 0.497 e. The van der Waals surface area contributed by atoms with E-state index in [4.69, 9.17) is 14.2 Å². The number of aryl methyl sites for hydroxylation is 1. The molecular weight excluding hydrogens is 422 g/mol. The van der Waals surface area contributed by atoms with E-state index in [0.717, 1.165) is 11.1 Å². The number of hydrogen-bond acceptors (Lipinski definition) is 6. The number of anilines is 1. The van der Waals surface area contributed by atoms with Crippen LogP contribution in [0.2, 0.25) is 0 Å². The Labute approximate surface area is 192 Å². The molecule has 0 atom stereocenters. The molecule has 3 aromatic rings. The van der Waals surface area contributed by atoms with E-state index < -0.39 is 11.8 Å². The fourth-order valence-corrected chi connectivity index (χ4v) is 2.93. The van der Waals surface area contributed by atoms with Crippen molar-refractivity contribution in [3.05, 3.63) is 83.4 Å². The van der Waals surface area contributed by atoms with E-state index in [-0.39, 0.29) is 0 Å². The van der Waals surface area contributed by atoms with Crippen LogP contribution in [0.4, 0.5) is 5.69 Å². The van der Waals surface area contributed by atoms with Crippen molar-refractivity contribution in [3.63, 3.8) is 0 Å². The third kappa shape index (κ3) is 6.83. The van der Waals surface area contributed by atoms with Crippen LogP contribution in [0.15, 0.2) is 71.8 Å². The summed E-state index contributed by atoms with van der Waals surface area (Å²) in [5.41, 5.74) is 5.51. The quantitative estimate of drug-likeness (QED) is 0.312. The van der Waals surface area contributed by atoms with Gasteiger partial charge in [0.05, 0.1) is 26.1 Å². The summed E-state index contributed by atoms with van der Waals surface area (Å²) in [7, 11) is 2.96. The summed E-state index contributed by atoms with van der Waals surface area (Å²) < 4.78 is 16.1. The van der Waals surface area contributed by atoms with Gasteiger partial charge in [-0.15, -0.1) is 0 Å². The lowest BCUT2D eigenvalue weighted by Gasteiger charge is -2.11. The number of ether oxygens (including phenoxy) is 3. The molecule has 0 unspecified atom stereocenters. The van der Waals surface area contributed by atoms with Crippen molar-refractivity contribution in [2.24, 2.45) is 5.10 Å². The Morgan fingerprint density at radius 2 is 1.67 bits per heavy atom. The second-order valence-corrected chi connectivity index (χ2v) is 7.07. The van der Waals surface area contributed by atoms with Crippen molar-refractivity contribution >= 4 is 23.7 Å². The van der Waals surface area contributed by atoms with Gasteiger partial charge in [0.2, 0.25) is 0 Å². The second kappa shape index (κ2) is 11.3. The monoisotopic (exact) mass is 447 g/mol. The molecule has 170 valence electrons. The summed E-state index contributed by atoms with van der Waals surface area (Å²) >= 11 is 0. The number of rotatable bonds is 8. The van der Waals surface area contributed by atoms with Crippen molar-refractivity contribution < 1.29 is 23.8 Å². The van der Waals surface area contributed by atoms with Crippen LogP contribution in [-0.4, -0.2) is 32.2 Å². The van der Waals surface area contributed by atoms with Gasteiger partial charge in [0, 0.05) is 6.07 Å². The highest BCUT2D eigenvalue weighted by Gasteiger charge is 2.16. The van der Waals surface area contributed by atoms with Crippen LogP contribution in [0, 0.1) is 6.92 Å². The highest BCUT2D eigenvalue weighted by Crippen LogP contribution is 2.28. The van der Waals surface area contributed by atoms with Gasteiger partial charge in [-0.2, -0.15) is 5.10 Å². The number of benzene rings is 3. The molecule has 2 N–H and O–H groups in total. The predicted octanol–water partition coefficient (Wildman–Crippen LogP) is 3.68. The lowest BCUT2D eigenvalue weighted by Crippen LogP contribution is -2.32. The molecule has 0 bridgehead atoms. The van der Waals surface area contributed by atoms with Crippen LogP contribution >= 0.6 is 0 Å². The van der Waals surface area contributed by atoms with Crippen LogP contribution in [0.1, 0.15) is 16.7 Å². The van der Waals surface area contributed by atoms with Crippen LogP contribution in [0.3, 0.4) is 0 Å². The number of carbonyl (C=O) groups excluding carboxylic acids is 2. The average molecular weight is 447 g/mol. The molecule has 0 saturated heterocycles. The van der Waals surface area contributed by atoms with Gasteiger partial charge in [0.1, 0.15) is 23.9 Å². The average Bonchev–Trinajstić information content (AvgIpc) is 2.83. The minimum absolute atomic E-state index is 0.308. The Bertz CT molecular complexity index is 1140. The van der Waals surface area contributed by atoms with E-state index >= 15 is 0 Å². The maximum absolute atomic E-state index is 12.2. The van der Waals surface area contributed by atoms with Crippen molar-refractivity contribution in [2.75, 3.05) is 19.5 Å². The van der Waals surface area contributed by atoms with E-state index in [1.807, 2.05) is 25.1 Å². The number of methoxy groups -OCH3 is 2. The Kier molecular flexibility index (Phi) is 8.02. The fourth-order valence-electron chi connectivity index (χ4n) is 2.93. The maximum atomic E-state index is 12.2. The van der Waals surface area contributed by atoms with E-state index in [2.05, 4.69) is 21.9 Å². The van der Waals surface area contributed by atoms with Gasteiger partial charge in [0.25, 0.3) is 0 Å². The number of hydrogen-bond donors (Lipinski definition) is 2. The Balaban J connectivity index is 1.51. The van der Waals surface area contributed by atoms with Gasteiger partial charge < -0.3 is 19.5 Å². The van der Waals surface area contributed by atoms with Gasteiger partial charge in [-0.1, -0.05) is 29.8 Å². The smallest absolute Gasteiger partial charge is 0.329 e. The fraction of sp³-hybridized carbons (Fsp3) is 0.160. The predicted molar refractivity (Wildman–Crippen MR) is 126 cm³/mol. The first kappa shape index (κ1) is 23.3. The molecule has 0 aliphatic heterocycles. The lowest BCUT2D eigenvalue weighted by atomic mass is 10.1. The first-order valence-corrected chi connectivity index (χ1v) is 10.1. The SMILES string of the molecule is COc1ccc(OC)c(NC(=O)C(=O)N/N=C/c2ccc(OCc3cccc(C)c3)cc2)c1. The number of nitrogens with one attached hydrogen (secondary N) is 2. The maximum Gasteiger partial charge on any atom is 0.329 e. The van der Waals surface area contributed by atoms with Crippen molar-refractivity contribution in [2.45, 2.75) is 13.5 Å². The summed E-state index contributed by atoms with van der Waals surface area (Å²) in [4.78, 5) is 24.2. The van der Waals surface area contributed by atoms with Crippen LogP contribution < -0.4 is 25.0 Å². The summed E-state index contributed by atoms with van der Waals surface area (Å²) in [5, 5.41) is 6.31. The highest BCUT2D eigenvalue weighted by molar-refractivity contribution is 6.39. The molecule has 0 heterocycles. The third-order valence-corrected chi connectivity index (χ3v) is 4.61. The van der Waals surface area contributed by atoms with Gasteiger partial charge in [0.15, 0.2) is 0 Å². The van der Waals surface area contributed by atoms with Crippen molar-refractivity contribution in [3.8, 4) is 17.2 Å². The van der Waals surface area contributed by atoms with Gasteiger partial charge in [-0.25, -0.2) is 5.43 Å². The Hall–Kier alpha value is -4.33. The molecule has 0 radical (unpaired) electrons. The molecule has 0 aliphatic rings. The van der Waals surface area contributed by atoms with Crippen LogP contribution in [0.5, 0.6) is 17.2 Å². The minimum atomic E-state index is -0.922. The normalized spacial score (nSPS) is 10.5. The first-order valence-electron chi connectivity index (χ1n) is 10.1. The Morgan fingerprint density at radius 3 is 2.36 bits per heavy atom. The molecule has 33 heavy (non-hydrogen) atoms. The molecule has 0 aromatic heterocycles. The summed E-state index contributed by atoms with van der Waals surface area (Å²) in [6.45, 7) is 2.51. The zero-order valence-electron chi connectivity index (χ0n) is 18.6. The topological polar surface area (TPSA) is 98.2 Å². The van der Waals surface area contributed by atoms with Crippen LogP contribution in [0.25, 0.3) is 0 Å². The molecule has 8 nitrogen and oxygen atoms in total. The number of nitrogens with zero attached hydrogens (tertiary/aromatic N) is 1. The van der Waals surface area contributed by atoms with E-state index in [9.17, 15) is 9.59 Å². The van der Waals surface area contributed by atoms with Gasteiger partial charge in [-0.05, 0) is 54.4 Å². The minimum Gasteiger partial charge on any atom is -0.497 e. The number of hydrazone groups is 1. The first-order chi connectivity index (χ1) is 16.0. The number of amides is 2. The molecule has 0 aliphatic carbocycles. The van der Waals surface area contributed by atoms with Crippen molar-refractivity contribution in [1.82, 2.24) is 5.43 Å². The molecule has 0 fully saturated rings. The highest BCUT2D eigenvalue weighted by atomic mass is 16.5. The standard InChI is InChI=1S/C25H25N3O5/c1-17-5-4-6-19(13-17)16-33-20-9-7-18(8-10-20)15-26-28-25(30)24(29)27-22-14-21(31-2)11-12-23(22)32-3/h4-15H,16H2,1-3H3,(H,27,29)(H,28,30)/b26-15+. The zero-order valence-corrected chi connectivity index (χ0v) is 18.6. The van der Waals surface area contributed by atoms with E-state index in [1.165, 1.54) is 26.0 Å². The van der Waals surface area contributed by atoms with Gasteiger partial charge in [-0.3, -0.25) is 9.59 Å². The molecular formula is C25H25N3O5. The molecule has 3 rings (SSSR count). The van der Waals surface area contributed by atoms with Crippen molar-refractivity contribution in [1.29, 1.82) is 0 Å². The summed E-state index contributed by atoms with van der Waals surface area (Å²) in [6.07, 6.45) is 1.43. The van der Waals surface area contributed by atoms with Gasteiger partial charge >= 0.3 is 11.8 Å². The Morgan fingerprint density at radius 1 is 0.909 bits per heavy atom. The number of carbonyl (C=O) groups is 2. The van der Waals surface area contributed by atoms with Crippen LogP contribution in [-0.2, 0) is 16.2 Å². The molecule has 8 heteroatoms. The molecule has 0 saturated carbocycles. The summed E-state index contributed by atoms with van der Waals surface area (Å²) in [6, 6.07) is 20.2. The van der Waals surface area contributed by atoms with E-state index in [1.54, 1.807) is 42.5 Å². The second-order valence-electron chi connectivity index (χ2n) is 7.07.